The minimum atomic E-state index is -0.388. The second-order valence-electron chi connectivity index (χ2n) is 3.87. The molecule has 0 bridgehead atoms. The molecular formula is C12H13N5O2. The van der Waals surface area contributed by atoms with Crippen molar-refractivity contribution in [2.45, 2.75) is 6.10 Å². The lowest BCUT2D eigenvalue weighted by Gasteiger charge is -2.27. The molecular weight excluding hydrogens is 246 g/mol. The van der Waals surface area contributed by atoms with Crippen LogP contribution in [-0.2, 0) is 4.74 Å². The molecule has 0 spiro atoms. The Morgan fingerprint density at radius 2 is 2.26 bits per heavy atom. The molecule has 1 fully saturated rings. The highest BCUT2D eigenvalue weighted by Gasteiger charge is 2.21. The third-order valence-electron chi connectivity index (χ3n) is 2.44. The van der Waals surface area contributed by atoms with Crippen LogP contribution in [0.25, 0.3) is 0 Å². The van der Waals surface area contributed by atoms with Crippen LogP contribution in [0.2, 0.25) is 0 Å². The summed E-state index contributed by atoms with van der Waals surface area (Å²) in [4.78, 5) is 0. The molecule has 4 N–H and O–H groups in total. The molecule has 1 heterocycles. The minimum Gasteiger partial charge on any atom is -0.483 e. The van der Waals surface area contributed by atoms with Gasteiger partial charge in [-0.3, -0.25) is 10.8 Å². The van der Waals surface area contributed by atoms with Crippen molar-refractivity contribution >= 4 is 17.2 Å². The maximum absolute atomic E-state index is 8.75. The monoisotopic (exact) mass is 259 g/mol. The van der Waals surface area contributed by atoms with Gasteiger partial charge in [-0.1, -0.05) is 12.1 Å². The SMILES string of the molecule is N#C/C(=N\Nc1ccccc1OC1COC1)C(=N)N. The van der Waals surface area contributed by atoms with E-state index in [9.17, 15) is 0 Å². The molecule has 7 heteroatoms. The average molecular weight is 259 g/mol. The molecule has 98 valence electrons. The average Bonchev–Trinajstić information content (AvgIpc) is 2.35. The van der Waals surface area contributed by atoms with Crippen LogP contribution in [0, 0.1) is 16.7 Å². The summed E-state index contributed by atoms with van der Waals surface area (Å²) in [5.41, 5.74) is 8.30. The zero-order valence-corrected chi connectivity index (χ0v) is 10.1. The molecule has 0 saturated carbocycles. The number of nitrogens with one attached hydrogen (secondary N) is 2. The van der Waals surface area contributed by atoms with Crippen molar-refractivity contribution in [3.05, 3.63) is 24.3 Å². The number of nitriles is 1. The number of hydrogen-bond acceptors (Lipinski definition) is 6. The zero-order chi connectivity index (χ0) is 13.7. The molecule has 1 aliphatic heterocycles. The molecule has 0 aliphatic carbocycles. The highest BCUT2D eigenvalue weighted by molar-refractivity contribution is 6.45. The fourth-order valence-electron chi connectivity index (χ4n) is 1.39. The highest BCUT2D eigenvalue weighted by Crippen LogP contribution is 2.26. The van der Waals surface area contributed by atoms with Crippen LogP contribution in [0.1, 0.15) is 0 Å². The number of rotatable bonds is 5. The summed E-state index contributed by atoms with van der Waals surface area (Å²) in [6.07, 6.45) is 0.0372. The van der Waals surface area contributed by atoms with Crippen LogP contribution in [0.5, 0.6) is 5.75 Å². The van der Waals surface area contributed by atoms with E-state index in [0.717, 1.165) is 0 Å². The molecule has 2 rings (SSSR count). The Balaban J connectivity index is 2.11. The molecule has 0 amide bonds. The smallest absolute Gasteiger partial charge is 0.201 e. The van der Waals surface area contributed by atoms with Crippen molar-refractivity contribution in [2.24, 2.45) is 10.8 Å². The van der Waals surface area contributed by atoms with Gasteiger partial charge in [0.25, 0.3) is 0 Å². The summed E-state index contributed by atoms with van der Waals surface area (Å²) in [7, 11) is 0. The Morgan fingerprint density at radius 3 is 2.84 bits per heavy atom. The van der Waals surface area contributed by atoms with Crippen molar-refractivity contribution in [2.75, 3.05) is 18.6 Å². The molecule has 1 aliphatic rings. The minimum absolute atomic E-state index is 0.0372. The Morgan fingerprint density at radius 1 is 1.53 bits per heavy atom. The fraction of sp³-hybridized carbons (Fsp3) is 0.250. The van der Waals surface area contributed by atoms with Crippen LogP contribution in [0.3, 0.4) is 0 Å². The van der Waals surface area contributed by atoms with E-state index in [1.807, 2.05) is 12.1 Å². The number of nitrogens with two attached hydrogens (primary N) is 1. The number of para-hydroxylation sites is 2. The fourth-order valence-corrected chi connectivity index (χ4v) is 1.39. The Hall–Kier alpha value is -2.59. The molecule has 1 saturated heterocycles. The van der Waals surface area contributed by atoms with E-state index in [-0.39, 0.29) is 17.7 Å². The number of benzene rings is 1. The van der Waals surface area contributed by atoms with Crippen LogP contribution < -0.4 is 15.9 Å². The maximum Gasteiger partial charge on any atom is 0.201 e. The van der Waals surface area contributed by atoms with Gasteiger partial charge in [-0.15, -0.1) is 0 Å². The van der Waals surface area contributed by atoms with Crippen LogP contribution in [-0.4, -0.2) is 30.9 Å². The highest BCUT2D eigenvalue weighted by atomic mass is 16.6. The number of hydrazone groups is 1. The summed E-state index contributed by atoms with van der Waals surface area (Å²) in [6, 6.07) is 8.92. The predicted octanol–water partition coefficient (Wildman–Crippen LogP) is 0.692. The quantitative estimate of drug-likeness (QED) is 0.408. The van der Waals surface area contributed by atoms with E-state index in [1.54, 1.807) is 18.2 Å². The van der Waals surface area contributed by atoms with E-state index in [0.29, 0.717) is 24.7 Å². The van der Waals surface area contributed by atoms with E-state index >= 15 is 0 Å². The van der Waals surface area contributed by atoms with Gasteiger partial charge >= 0.3 is 0 Å². The molecule has 0 atom stereocenters. The van der Waals surface area contributed by atoms with E-state index in [4.69, 9.17) is 25.9 Å². The summed E-state index contributed by atoms with van der Waals surface area (Å²) in [5, 5.41) is 19.7. The van der Waals surface area contributed by atoms with Crippen LogP contribution in [0.4, 0.5) is 5.69 Å². The molecule has 0 aromatic heterocycles. The maximum atomic E-state index is 8.75. The van der Waals surface area contributed by atoms with Gasteiger partial charge in [0, 0.05) is 0 Å². The van der Waals surface area contributed by atoms with Gasteiger partial charge in [-0.2, -0.15) is 10.4 Å². The molecule has 0 unspecified atom stereocenters. The van der Waals surface area contributed by atoms with Crippen molar-refractivity contribution < 1.29 is 9.47 Å². The van der Waals surface area contributed by atoms with Gasteiger partial charge in [-0.05, 0) is 12.1 Å². The predicted molar refractivity (Wildman–Crippen MR) is 70.3 cm³/mol. The molecule has 0 radical (unpaired) electrons. The first-order valence-corrected chi connectivity index (χ1v) is 5.62. The van der Waals surface area contributed by atoms with E-state index < -0.39 is 0 Å². The first-order chi connectivity index (χ1) is 9.20. The molecule has 1 aromatic carbocycles. The van der Waals surface area contributed by atoms with Crippen molar-refractivity contribution in [3.8, 4) is 11.8 Å². The van der Waals surface area contributed by atoms with Gasteiger partial charge in [0.1, 0.15) is 17.9 Å². The second kappa shape index (κ2) is 5.84. The Labute approximate surface area is 110 Å². The van der Waals surface area contributed by atoms with Crippen LogP contribution in [0.15, 0.2) is 29.4 Å². The van der Waals surface area contributed by atoms with Crippen molar-refractivity contribution in [1.82, 2.24) is 0 Å². The lowest BCUT2D eigenvalue weighted by molar-refractivity contribution is -0.0794. The Kier molecular flexibility index (Phi) is 3.95. The first-order valence-electron chi connectivity index (χ1n) is 5.62. The topological polar surface area (TPSA) is 117 Å². The molecule has 7 nitrogen and oxygen atoms in total. The standard InChI is InChI=1S/C12H13N5O2/c13-5-10(12(14)15)17-16-9-3-1-2-4-11(9)19-8-6-18-7-8/h1-4,8,16H,6-7H2,(H3,14,15)/b17-10+. The lowest BCUT2D eigenvalue weighted by atomic mass is 10.2. The van der Waals surface area contributed by atoms with Gasteiger partial charge in [-0.25, -0.2) is 0 Å². The number of anilines is 1. The van der Waals surface area contributed by atoms with E-state index in [2.05, 4.69) is 10.5 Å². The lowest BCUT2D eigenvalue weighted by Crippen LogP contribution is -2.38. The summed E-state index contributed by atoms with van der Waals surface area (Å²) in [6.45, 7) is 1.13. The normalized spacial score (nSPS) is 15.2. The van der Waals surface area contributed by atoms with Gasteiger partial charge in [0.05, 0.1) is 18.9 Å². The number of nitrogens with zero attached hydrogens (tertiary/aromatic N) is 2. The Bertz CT molecular complexity index is 545. The second-order valence-corrected chi connectivity index (χ2v) is 3.87. The third kappa shape index (κ3) is 3.20. The third-order valence-corrected chi connectivity index (χ3v) is 2.44. The summed E-state index contributed by atoms with van der Waals surface area (Å²) < 4.78 is 10.7. The van der Waals surface area contributed by atoms with Crippen molar-refractivity contribution in [3.63, 3.8) is 0 Å². The summed E-state index contributed by atoms with van der Waals surface area (Å²) >= 11 is 0. The van der Waals surface area contributed by atoms with Crippen molar-refractivity contribution in [1.29, 1.82) is 10.7 Å². The number of amidine groups is 1. The number of hydrogen-bond donors (Lipinski definition) is 3. The van der Waals surface area contributed by atoms with Gasteiger partial charge in [0.15, 0.2) is 5.84 Å². The van der Waals surface area contributed by atoms with E-state index in [1.165, 1.54) is 0 Å². The van der Waals surface area contributed by atoms with Crippen LogP contribution >= 0.6 is 0 Å². The molecule has 19 heavy (non-hydrogen) atoms. The zero-order valence-electron chi connectivity index (χ0n) is 10.1. The van der Waals surface area contributed by atoms with Gasteiger partial charge in [0.2, 0.25) is 5.71 Å². The summed E-state index contributed by atoms with van der Waals surface area (Å²) in [5.74, 6) is 0.223. The first kappa shape index (κ1) is 12.9. The molecule has 1 aromatic rings. The largest absolute Gasteiger partial charge is 0.483 e. The van der Waals surface area contributed by atoms with Gasteiger partial charge < -0.3 is 15.2 Å². The number of ether oxygens (including phenoxy) is 2.